The van der Waals surface area contributed by atoms with Crippen molar-refractivity contribution in [3.63, 3.8) is 0 Å². The first-order chi connectivity index (χ1) is 9.74. The molecule has 5 nitrogen and oxygen atoms in total. The number of nitrogens with one attached hydrogen (secondary N) is 2. The highest BCUT2D eigenvalue weighted by molar-refractivity contribution is 5.97. The molecule has 0 saturated carbocycles. The van der Waals surface area contributed by atoms with Gasteiger partial charge in [-0.3, -0.25) is 9.59 Å². The summed E-state index contributed by atoms with van der Waals surface area (Å²) >= 11 is 0. The van der Waals surface area contributed by atoms with Gasteiger partial charge in [0.05, 0.1) is 0 Å². The Hall–Kier alpha value is -1.88. The molecule has 106 valence electrons. The Morgan fingerprint density at radius 3 is 2.60 bits per heavy atom. The third-order valence-corrected chi connectivity index (χ3v) is 3.93. The van der Waals surface area contributed by atoms with Crippen LogP contribution in [-0.4, -0.2) is 38.0 Å². The van der Waals surface area contributed by atoms with Gasteiger partial charge in [0.2, 0.25) is 5.91 Å². The Balaban J connectivity index is 1.60. The average molecular weight is 273 g/mol. The molecule has 20 heavy (non-hydrogen) atoms. The predicted molar refractivity (Wildman–Crippen MR) is 76.7 cm³/mol. The fraction of sp³-hybridized carbons (Fsp3) is 0.467. The van der Waals surface area contributed by atoms with E-state index in [2.05, 4.69) is 10.6 Å². The van der Waals surface area contributed by atoms with Crippen molar-refractivity contribution in [3.05, 3.63) is 29.8 Å². The van der Waals surface area contributed by atoms with Crippen LogP contribution >= 0.6 is 0 Å². The van der Waals surface area contributed by atoms with Crippen LogP contribution in [0, 0.1) is 5.92 Å². The van der Waals surface area contributed by atoms with Gasteiger partial charge in [-0.25, -0.2) is 0 Å². The molecule has 2 N–H and O–H groups in total. The zero-order valence-electron chi connectivity index (χ0n) is 11.4. The van der Waals surface area contributed by atoms with E-state index in [0.29, 0.717) is 17.9 Å². The lowest BCUT2D eigenvalue weighted by molar-refractivity contribution is -0.117. The molecule has 0 atom stereocenters. The van der Waals surface area contributed by atoms with Crippen molar-refractivity contribution < 1.29 is 9.59 Å². The number of rotatable bonds is 4. The monoisotopic (exact) mass is 273 g/mol. The maximum absolute atomic E-state index is 12.0. The van der Waals surface area contributed by atoms with E-state index in [1.54, 1.807) is 17.0 Å². The summed E-state index contributed by atoms with van der Waals surface area (Å²) in [7, 11) is 0. The summed E-state index contributed by atoms with van der Waals surface area (Å²) in [4.78, 5) is 25.4. The maximum atomic E-state index is 12.0. The van der Waals surface area contributed by atoms with E-state index in [9.17, 15) is 9.59 Å². The molecule has 0 bridgehead atoms. The highest BCUT2D eigenvalue weighted by Gasteiger charge is 2.22. The first-order valence-electron chi connectivity index (χ1n) is 7.13. The third kappa shape index (κ3) is 2.67. The highest BCUT2D eigenvalue weighted by Crippen LogP contribution is 2.21. The lowest BCUT2D eigenvalue weighted by Gasteiger charge is -2.27. The number of nitrogens with zero attached hydrogens (tertiary/aromatic N) is 1. The normalized spacial score (nSPS) is 19.0. The van der Waals surface area contributed by atoms with Gasteiger partial charge < -0.3 is 15.5 Å². The summed E-state index contributed by atoms with van der Waals surface area (Å²) in [6, 6.07) is 7.27. The number of amides is 2. The Morgan fingerprint density at radius 2 is 2.05 bits per heavy atom. The minimum atomic E-state index is -0.0452. The molecule has 0 aliphatic carbocycles. The lowest BCUT2D eigenvalue weighted by Crippen LogP contribution is -2.48. The number of carbonyl (C=O) groups is 2. The summed E-state index contributed by atoms with van der Waals surface area (Å²) in [5.41, 5.74) is 1.53. The summed E-state index contributed by atoms with van der Waals surface area (Å²) in [6.07, 6.45) is 1.54. The van der Waals surface area contributed by atoms with Crippen LogP contribution in [0.1, 0.15) is 23.2 Å². The topological polar surface area (TPSA) is 61.4 Å². The molecule has 1 aromatic rings. The molecule has 2 heterocycles. The molecule has 2 fully saturated rings. The molecular formula is C15H19N3O2. The molecule has 0 spiro atoms. The molecule has 1 aromatic carbocycles. The molecule has 0 radical (unpaired) electrons. The molecular weight excluding hydrogens is 254 g/mol. The predicted octanol–water partition coefficient (Wildman–Crippen LogP) is 0.763. The summed E-state index contributed by atoms with van der Waals surface area (Å²) in [5.74, 6) is 0.677. The summed E-state index contributed by atoms with van der Waals surface area (Å²) in [6.45, 7) is 3.46. The van der Waals surface area contributed by atoms with Crippen LogP contribution in [0.25, 0.3) is 0 Å². The van der Waals surface area contributed by atoms with Gasteiger partial charge in [0, 0.05) is 49.8 Å². The zero-order chi connectivity index (χ0) is 13.9. The van der Waals surface area contributed by atoms with Gasteiger partial charge in [-0.05, 0) is 30.7 Å². The second-order valence-electron chi connectivity index (χ2n) is 5.43. The van der Waals surface area contributed by atoms with Crippen LogP contribution in [0.4, 0.5) is 5.69 Å². The molecule has 2 aliphatic heterocycles. The molecule has 3 rings (SSSR count). The second-order valence-corrected chi connectivity index (χ2v) is 5.43. The van der Waals surface area contributed by atoms with Crippen molar-refractivity contribution >= 4 is 17.5 Å². The Bertz CT molecular complexity index is 508. The van der Waals surface area contributed by atoms with Gasteiger partial charge in [-0.15, -0.1) is 0 Å². The van der Waals surface area contributed by atoms with Crippen LogP contribution in [-0.2, 0) is 4.79 Å². The maximum Gasteiger partial charge on any atom is 0.251 e. The van der Waals surface area contributed by atoms with E-state index in [-0.39, 0.29) is 11.8 Å². The molecule has 2 aliphatic rings. The van der Waals surface area contributed by atoms with Crippen LogP contribution in [0.15, 0.2) is 24.3 Å². The summed E-state index contributed by atoms with van der Waals surface area (Å²) < 4.78 is 0. The van der Waals surface area contributed by atoms with Crippen molar-refractivity contribution in [3.8, 4) is 0 Å². The van der Waals surface area contributed by atoms with E-state index in [1.165, 1.54) is 0 Å². The SMILES string of the molecule is O=C(NCC1CNC1)c1ccc(N2CCCC2=O)cc1. The van der Waals surface area contributed by atoms with Crippen molar-refractivity contribution in [1.82, 2.24) is 10.6 Å². The van der Waals surface area contributed by atoms with Crippen molar-refractivity contribution in [2.45, 2.75) is 12.8 Å². The molecule has 5 heteroatoms. The number of anilines is 1. The summed E-state index contributed by atoms with van der Waals surface area (Å²) in [5, 5.41) is 6.12. The highest BCUT2D eigenvalue weighted by atomic mass is 16.2. The number of benzene rings is 1. The van der Waals surface area contributed by atoms with Gasteiger partial charge in [-0.1, -0.05) is 0 Å². The molecule has 2 amide bonds. The molecule has 2 saturated heterocycles. The first kappa shape index (κ1) is 13.1. The fourth-order valence-corrected chi connectivity index (χ4v) is 2.55. The third-order valence-electron chi connectivity index (χ3n) is 3.93. The minimum absolute atomic E-state index is 0.0452. The van der Waals surface area contributed by atoms with E-state index in [0.717, 1.165) is 38.3 Å². The number of carbonyl (C=O) groups excluding carboxylic acids is 2. The number of hydrogen-bond donors (Lipinski definition) is 2. The largest absolute Gasteiger partial charge is 0.352 e. The van der Waals surface area contributed by atoms with Crippen molar-refractivity contribution in [1.29, 1.82) is 0 Å². The van der Waals surface area contributed by atoms with Gasteiger partial charge in [0.1, 0.15) is 0 Å². The van der Waals surface area contributed by atoms with Crippen LogP contribution in [0.5, 0.6) is 0 Å². The standard InChI is InChI=1S/C15H19N3O2/c19-14-2-1-7-18(14)13-5-3-12(4-6-13)15(20)17-10-11-8-16-9-11/h3-6,11,16H,1-2,7-10H2,(H,17,20). The van der Waals surface area contributed by atoms with Gasteiger partial charge in [0.15, 0.2) is 0 Å². The quantitative estimate of drug-likeness (QED) is 0.851. The first-order valence-corrected chi connectivity index (χ1v) is 7.13. The van der Waals surface area contributed by atoms with E-state index in [4.69, 9.17) is 0 Å². The zero-order valence-corrected chi connectivity index (χ0v) is 11.4. The molecule has 0 aromatic heterocycles. The van der Waals surface area contributed by atoms with Gasteiger partial charge >= 0.3 is 0 Å². The number of hydrogen-bond acceptors (Lipinski definition) is 3. The van der Waals surface area contributed by atoms with Crippen molar-refractivity contribution in [2.24, 2.45) is 5.92 Å². The smallest absolute Gasteiger partial charge is 0.251 e. The Labute approximate surface area is 118 Å². The van der Waals surface area contributed by atoms with E-state index in [1.807, 2.05) is 12.1 Å². The van der Waals surface area contributed by atoms with E-state index < -0.39 is 0 Å². The van der Waals surface area contributed by atoms with Crippen LogP contribution in [0.2, 0.25) is 0 Å². The second kappa shape index (κ2) is 5.63. The van der Waals surface area contributed by atoms with Crippen molar-refractivity contribution in [2.75, 3.05) is 31.1 Å². The Kier molecular flexibility index (Phi) is 3.69. The average Bonchev–Trinajstić information content (AvgIpc) is 2.83. The molecule has 0 unspecified atom stereocenters. The fourth-order valence-electron chi connectivity index (χ4n) is 2.55. The lowest BCUT2D eigenvalue weighted by atomic mass is 10.0. The minimum Gasteiger partial charge on any atom is -0.352 e. The van der Waals surface area contributed by atoms with Crippen LogP contribution < -0.4 is 15.5 Å². The van der Waals surface area contributed by atoms with Gasteiger partial charge in [0.25, 0.3) is 5.91 Å². The van der Waals surface area contributed by atoms with Gasteiger partial charge in [-0.2, -0.15) is 0 Å². The van der Waals surface area contributed by atoms with E-state index >= 15 is 0 Å². The Morgan fingerprint density at radius 1 is 1.30 bits per heavy atom. The van der Waals surface area contributed by atoms with Crippen LogP contribution in [0.3, 0.4) is 0 Å².